The van der Waals surface area contributed by atoms with Crippen molar-refractivity contribution >= 4 is 29.0 Å². The van der Waals surface area contributed by atoms with Crippen molar-refractivity contribution in [1.82, 2.24) is 4.98 Å². The van der Waals surface area contributed by atoms with Gasteiger partial charge in [-0.1, -0.05) is 11.6 Å². The Morgan fingerprint density at radius 3 is 2.71 bits per heavy atom. The number of halogens is 1. The molecule has 0 fully saturated rings. The predicted molar refractivity (Wildman–Crippen MR) is 82.7 cm³/mol. The number of ether oxygens (including phenoxy) is 1. The first kappa shape index (κ1) is 15.1. The number of carbonyl (C=O) groups excluding carboxylic acids is 1. The summed E-state index contributed by atoms with van der Waals surface area (Å²) in [6, 6.07) is 6.86. The summed E-state index contributed by atoms with van der Waals surface area (Å²) in [6.45, 7) is 1.90. The van der Waals surface area contributed by atoms with Crippen molar-refractivity contribution < 1.29 is 9.53 Å². The molecule has 21 heavy (non-hydrogen) atoms. The van der Waals surface area contributed by atoms with E-state index in [-0.39, 0.29) is 10.9 Å². The van der Waals surface area contributed by atoms with Crippen molar-refractivity contribution in [3.63, 3.8) is 0 Å². The van der Waals surface area contributed by atoms with Crippen LogP contribution in [0.25, 0.3) is 0 Å². The number of rotatable bonds is 4. The van der Waals surface area contributed by atoms with E-state index in [1.165, 1.54) is 12.3 Å². The number of methoxy groups -OCH3 is 1. The average molecular weight is 307 g/mol. The summed E-state index contributed by atoms with van der Waals surface area (Å²) < 4.78 is 5.17. The van der Waals surface area contributed by atoms with Gasteiger partial charge in [-0.2, -0.15) is 0 Å². The number of nitrogen functional groups attached to an aromatic ring is 1. The molecule has 2 rings (SSSR count). The number of nitrogens with zero attached hydrogens (tertiary/aromatic N) is 1. The molecule has 0 unspecified atom stereocenters. The number of benzene rings is 1. The number of carbonyl (C=O) groups is 1. The van der Waals surface area contributed by atoms with Crippen LogP contribution in [0.2, 0.25) is 5.02 Å². The van der Waals surface area contributed by atoms with E-state index < -0.39 is 0 Å². The van der Waals surface area contributed by atoms with Crippen LogP contribution >= 0.6 is 11.6 Å². The largest absolute Gasteiger partial charge is 0.496 e. The molecule has 0 radical (unpaired) electrons. The van der Waals surface area contributed by atoms with E-state index in [1.54, 1.807) is 19.2 Å². The molecule has 1 aromatic carbocycles. The monoisotopic (exact) mass is 306 g/mol. The lowest BCUT2D eigenvalue weighted by molar-refractivity contribution is 0.102. The van der Waals surface area contributed by atoms with Gasteiger partial charge in [0, 0.05) is 11.9 Å². The molecule has 0 bridgehead atoms. The summed E-state index contributed by atoms with van der Waals surface area (Å²) in [4.78, 5) is 16.1. The zero-order valence-corrected chi connectivity index (χ0v) is 12.4. The summed E-state index contributed by atoms with van der Waals surface area (Å²) in [5.74, 6) is 6.00. The van der Waals surface area contributed by atoms with E-state index in [4.69, 9.17) is 22.2 Å². The molecular weight excluding hydrogens is 292 g/mol. The first-order valence-corrected chi connectivity index (χ1v) is 6.51. The second-order valence-corrected chi connectivity index (χ2v) is 4.74. The minimum atomic E-state index is -0.308. The van der Waals surface area contributed by atoms with Gasteiger partial charge >= 0.3 is 0 Å². The van der Waals surface area contributed by atoms with Crippen molar-refractivity contribution in [2.45, 2.75) is 6.92 Å². The number of aromatic nitrogens is 1. The molecule has 2 aromatic rings. The van der Waals surface area contributed by atoms with Crippen molar-refractivity contribution in [2.24, 2.45) is 5.84 Å². The summed E-state index contributed by atoms with van der Waals surface area (Å²) in [5, 5.41) is 3.04. The fourth-order valence-corrected chi connectivity index (χ4v) is 2.05. The number of hydrogen-bond acceptors (Lipinski definition) is 5. The van der Waals surface area contributed by atoms with Gasteiger partial charge in [0.25, 0.3) is 5.91 Å². The van der Waals surface area contributed by atoms with Crippen LogP contribution in [0.15, 0.2) is 30.5 Å². The zero-order chi connectivity index (χ0) is 15.4. The molecule has 1 heterocycles. The highest BCUT2D eigenvalue weighted by atomic mass is 35.5. The Balaban J connectivity index is 2.18. The van der Waals surface area contributed by atoms with Crippen LogP contribution < -0.4 is 21.3 Å². The highest BCUT2D eigenvalue weighted by molar-refractivity contribution is 6.33. The third kappa shape index (κ3) is 3.42. The van der Waals surface area contributed by atoms with Gasteiger partial charge < -0.3 is 15.5 Å². The first-order valence-electron chi connectivity index (χ1n) is 6.13. The Labute approximate surface area is 127 Å². The molecule has 1 amide bonds. The number of nitrogens with two attached hydrogens (primary N) is 1. The van der Waals surface area contributed by atoms with E-state index in [0.717, 1.165) is 11.3 Å². The number of hydrazine groups is 1. The standard InChI is InChI=1S/C14H15ClN4O2/c1-8-5-10(3-4-12(8)21-2)18-14(20)9-6-11(15)13(19-16)17-7-9/h3-7H,16H2,1-2H3,(H,17,19)(H,18,20). The van der Waals surface area contributed by atoms with Crippen molar-refractivity contribution in [2.75, 3.05) is 17.9 Å². The van der Waals surface area contributed by atoms with Crippen molar-refractivity contribution in [3.05, 3.63) is 46.6 Å². The SMILES string of the molecule is COc1ccc(NC(=O)c2cnc(NN)c(Cl)c2)cc1C. The van der Waals surface area contributed by atoms with Crippen LogP contribution in [0, 0.1) is 6.92 Å². The highest BCUT2D eigenvalue weighted by Crippen LogP contribution is 2.23. The molecule has 0 atom stereocenters. The summed E-state index contributed by atoms with van der Waals surface area (Å²) in [6.07, 6.45) is 1.40. The maximum atomic E-state index is 12.1. The minimum absolute atomic E-state index is 0.274. The molecule has 1 aromatic heterocycles. The van der Waals surface area contributed by atoms with Gasteiger partial charge in [0.15, 0.2) is 5.82 Å². The summed E-state index contributed by atoms with van der Waals surface area (Å²) in [7, 11) is 1.60. The summed E-state index contributed by atoms with van der Waals surface area (Å²) in [5.41, 5.74) is 4.27. The molecule has 0 aliphatic carbocycles. The number of hydrogen-bond donors (Lipinski definition) is 3. The average Bonchev–Trinajstić information content (AvgIpc) is 2.47. The van der Waals surface area contributed by atoms with Gasteiger partial charge in [-0.15, -0.1) is 0 Å². The maximum absolute atomic E-state index is 12.1. The Bertz CT molecular complexity index is 676. The van der Waals surface area contributed by atoms with E-state index in [1.807, 2.05) is 13.0 Å². The molecule has 4 N–H and O–H groups in total. The number of pyridine rings is 1. The molecule has 0 saturated carbocycles. The van der Waals surface area contributed by atoms with E-state index >= 15 is 0 Å². The van der Waals surface area contributed by atoms with Gasteiger partial charge in [0.1, 0.15) is 5.75 Å². The molecule has 6 nitrogen and oxygen atoms in total. The Morgan fingerprint density at radius 1 is 1.38 bits per heavy atom. The lowest BCUT2D eigenvalue weighted by Gasteiger charge is -2.09. The fourth-order valence-electron chi connectivity index (χ4n) is 1.83. The lowest BCUT2D eigenvalue weighted by Crippen LogP contribution is -2.14. The molecule has 0 aliphatic rings. The zero-order valence-electron chi connectivity index (χ0n) is 11.6. The van der Waals surface area contributed by atoms with Gasteiger partial charge in [-0.3, -0.25) is 4.79 Å². The molecule has 110 valence electrons. The molecule has 0 saturated heterocycles. The molecular formula is C14H15ClN4O2. The highest BCUT2D eigenvalue weighted by Gasteiger charge is 2.10. The van der Waals surface area contributed by atoms with Crippen LogP contribution in [0.1, 0.15) is 15.9 Å². The summed E-state index contributed by atoms with van der Waals surface area (Å²) >= 11 is 5.94. The van der Waals surface area contributed by atoms with Crippen LogP contribution in [0.5, 0.6) is 5.75 Å². The van der Waals surface area contributed by atoms with Gasteiger partial charge in [0.2, 0.25) is 0 Å². The molecule has 0 spiro atoms. The Hall–Kier alpha value is -2.31. The van der Waals surface area contributed by atoms with E-state index in [9.17, 15) is 4.79 Å². The quantitative estimate of drug-likeness (QED) is 0.597. The molecule has 7 heteroatoms. The van der Waals surface area contributed by atoms with E-state index in [2.05, 4.69) is 15.7 Å². The smallest absolute Gasteiger partial charge is 0.257 e. The number of aryl methyl sites for hydroxylation is 1. The second-order valence-electron chi connectivity index (χ2n) is 4.34. The second kappa shape index (κ2) is 6.43. The number of amides is 1. The number of nitrogens with one attached hydrogen (secondary N) is 2. The number of anilines is 2. The third-order valence-corrected chi connectivity index (χ3v) is 3.18. The topological polar surface area (TPSA) is 89.3 Å². The lowest BCUT2D eigenvalue weighted by atomic mass is 10.2. The Morgan fingerprint density at radius 2 is 2.14 bits per heavy atom. The predicted octanol–water partition coefficient (Wildman–Crippen LogP) is 2.59. The normalized spacial score (nSPS) is 10.1. The van der Waals surface area contributed by atoms with E-state index in [0.29, 0.717) is 17.1 Å². The van der Waals surface area contributed by atoms with Crippen LogP contribution in [-0.4, -0.2) is 18.0 Å². The van der Waals surface area contributed by atoms with Crippen LogP contribution in [0.3, 0.4) is 0 Å². The molecule has 0 aliphatic heterocycles. The van der Waals surface area contributed by atoms with Crippen molar-refractivity contribution in [3.8, 4) is 5.75 Å². The van der Waals surface area contributed by atoms with Gasteiger partial charge in [-0.05, 0) is 36.8 Å². The van der Waals surface area contributed by atoms with Gasteiger partial charge in [-0.25, -0.2) is 10.8 Å². The fraction of sp³-hybridized carbons (Fsp3) is 0.143. The van der Waals surface area contributed by atoms with Crippen molar-refractivity contribution in [1.29, 1.82) is 0 Å². The third-order valence-electron chi connectivity index (χ3n) is 2.89. The van der Waals surface area contributed by atoms with Crippen LogP contribution in [0.4, 0.5) is 11.5 Å². The van der Waals surface area contributed by atoms with Gasteiger partial charge in [0.05, 0.1) is 17.7 Å². The maximum Gasteiger partial charge on any atom is 0.257 e. The Kier molecular flexibility index (Phi) is 4.62. The van der Waals surface area contributed by atoms with Crippen LogP contribution in [-0.2, 0) is 0 Å². The minimum Gasteiger partial charge on any atom is -0.496 e. The first-order chi connectivity index (χ1) is 10.0.